The van der Waals surface area contributed by atoms with Crippen LogP contribution in [0.15, 0.2) is 24.3 Å². The molecule has 0 spiro atoms. The highest BCUT2D eigenvalue weighted by Gasteiger charge is 2.27. The summed E-state index contributed by atoms with van der Waals surface area (Å²) >= 11 is 0. The van der Waals surface area contributed by atoms with E-state index in [1.165, 1.54) is 0 Å². The van der Waals surface area contributed by atoms with Crippen molar-refractivity contribution in [1.82, 2.24) is 20.1 Å². The van der Waals surface area contributed by atoms with Crippen LogP contribution in [0.5, 0.6) is 0 Å². The van der Waals surface area contributed by atoms with Crippen molar-refractivity contribution in [2.75, 3.05) is 6.61 Å². The highest BCUT2D eigenvalue weighted by atomic mass is 19.4. The van der Waals surface area contributed by atoms with Gasteiger partial charge < -0.3 is 10.1 Å². The summed E-state index contributed by atoms with van der Waals surface area (Å²) in [4.78, 5) is 17.0. The number of pyridine rings is 1. The maximum Gasteiger partial charge on any atom is 0.411 e. The van der Waals surface area contributed by atoms with E-state index in [0.717, 1.165) is 39.1 Å². The number of rotatable bonds is 8. The number of amides is 1. The van der Waals surface area contributed by atoms with Gasteiger partial charge in [-0.05, 0) is 49.4 Å². The van der Waals surface area contributed by atoms with Crippen molar-refractivity contribution < 1.29 is 22.7 Å². The van der Waals surface area contributed by atoms with E-state index in [2.05, 4.69) is 20.1 Å². The molecule has 0 atom stereocenters. The van der Waals surface area contributed by atoms with Crippen LogP contribution in [0.4, 0.5) is 13.2 Å². The fourth-order valence-corrected chi connectivity index (χ4v) is 3.80. The van der Waals surface area contributed by atoms with Gasteiger partial charge in [-0.1, -0.05) is 24.3 Å². The monoisotopic (exact) mass is 448 g/mol. The molecule has 0 saturated heterocycles. The minimum atomic E-state index is -4.33. The van der Waals surface area contributed by atoms with Crippen molar-refractivity contribution in [1.29, 1.82) is 0 Å². The lowest BCUT2D eigenvalue weighted by Crippen LogP contribution is -2.23. The first kappa shape index (κ1) is 23.7. The Balaban J connectivity index is 1.52. The van der Waals surface area contributed by atoms with Crippen LogP contribution in [-0.2, 0) is 36.2 Å². The zero-order valence-corrected chi connectivity index (χ0v) is 18.6. The molecule has 0 saturated carbocycles. The number of hydrogen-bond donors (Lipinski definition) is 1. The first-order chi connectivity index (χ1) is 15.0. The molecule has 1 N–H and O–H groups in total. The lowest BCUT2D eigenvalue weighted by molar-refractivity contribution is -0.176. The SMILES string of the molecule is Cc1nc2c(c(C)nn2C)c(C)c1CCC(=O)NCc1ccc(COCC(F)(F)F)cc1. The molecule has 0 aliphatic carbocycles. The third-order valence-corrected chi connectivity index (χ3v) is 5.38. The molecule has 6 nitrogen and oxygen atoms in total. The smallest absolute Gasteiger partial charge is 0.367 e. The van der Waals surface area contributed by atoms with Crippen LogP contribution in [0.25, 0.3) is 11.0 Å². The maximum atomic E-state index is 12.4. The molecular weight excluding hydrogens is 421 g/mol. The first-order valence-corrected chi connectivity index (χ1v) is 10.3. The van der Waals surface area contributed by atoms with Crippen molar-refractivity contribution in [2.24, 2.45) is 7.05 Å². The second kappa shape index (κ2) is 9.68. The van der Waals surface area contributed by atoms with E-state index in [-0.39, 0.29) is 12.5 Å². The molecule has 0 unspecified atom stereocenters. The van der Waals surface area contributed by atoms with E-state index >= 15 is 0 Å². The Morgan fingerprint density at radius 3 is 2.41 bits per heavy atom. The zero-order valence-electron chi connectivity index (χ0n) is 18.6. The zero-order chi connectivity index (χ0) is 23.5. The van der Waals surface area contributed by atoms with Crippen LogP contribution in [0.3, 0.4) is 0 Å². The molecule has 172 valence electrons. The van der Waals surface area contributed by atoms with Gasteiger partial charge in [0.1, 0.15) is 6.61 Å². The van der Waals surface area contributed by atoms with Crippen LogP contribution in [0.2, 0.25) is 0 Å². The third-order valence-electron chi connectivity index (χ3n) is 5.38. The summed E-state index contributed by atoms with van der Waals surface area (Å²) in [6, 6.07) is 6.93. The molecule has 32 heavy (non-hydrogen) atoms. The van der Waals surface area contributed by atoms with Gasteiger partial charge in [-0.3, -0.25) is 9.48 Å². The third kappa shape index (κ3) is 5.85. The van der Waals surface area contributed by atoms with Gasteiger partial charge in [-0.15, -0.1) is 0 Å². The number of hydrogen-bond acceptors (Lipinski definition) is 4. The lowest BCUT2D eigenvalue weighted by Gasteiger charge is -2.12. The van der Waals surface area contributed by atoms with Crippen molar-refractivity contribution in [3.8, 4) is 0 Å². The van der Waals surface area contributed by atoms with Crippen molar-refractivity contribution in [2.45, 2.75) is 52.9 Å². The van der Waals surface area contributed by atoms with Gasteiger partial charge >= 0.3 is 6.18 Å². The highest BCUT2D eigenvalue weighted by Crippen LogP contribution is 2.26. The quantitative estimate of drug-likeness (QED) is 0.560. The summed E-state index contributed by atoms with van der Waals surface area (Å²) in [6.07, 6.45) is -3.42. The predicted molar refractivity (Wildman–Crippen MR) is 115 cm³/mol. The molecule has 2 aromatic heterocycles. The Morgan fingerprint density at radius 1 is 1.09 bits per heavy atom. The molecule has 3 aromatic rings. The maximum absolute atomic E-state index is 12.4. The van der Waals surface area contributed by atoms with Gasteiger partial charge in [-0.2, -0.15) is 18.3 Å². The second-order valence-corrected chi connectivity index (χ2v) is 7.91. The van der Waals surface area contributed by atoms with E-state index in [4.69, 9.17) is 0 Å². The molecule has 3 rings (SSSR count). The molecule has 1 aromatic carbocycles. The predicted octanol–water partition coefficient (Wildman–Crippen LogP) is 4.22. The van der Waals surface area contributed by atoms with Gasteiger partial charge in [-0.25, -0.2) is 4.98 Å². The second-order valence-electron chi connectivity index (χ2n) is 7.91. The van der Waals surface area contributed by atoms with Crippen molar-refractivity contribution in [3.05, 3.63) is 57.9 Å². The molecule has 2 heterocycles. The number of ether oxygens (including phenoxy) is 1. The van der Waals surface area contributed by atoms with Gasteiger partial charge in [0.25, 0.3) is 0 Å². The van der Waals surface area contributed by atoms with E-state index in [1.807, 2.05) is 27.8 Å². The molecule has 0 aliphatic rings. The highest BCUT2D eigenvalue weighted by molar-refractivity contribution is 5.84. The number of aryl methyl sites for hydroxylation is 4. The number of fused-ring (bicyclic) bond motifs is 1. The van der Waals surface area contributed by atoms with Crippen molar-refractivity contribution in [3.63, 3.8) is 0 Å². The summed E-state index contributed by atoms with van der Waals surface area (Å²) in [5.41, 5.74) is 6.34. The summed E-state index contributed by atoms with van der Waals surface area (Å²) in [7, 11) is 1.87. The Morgan fingerprint density at radius 2 is 1.75 bits per heavy atom. The topological polar surface area (TPSA) is 69.0 Å². The number of aromatic nitrogens is 3. The van der Waals surface area contributed by atoms with Gasteiger partial charge in [0.15, 0.2) is 5.65 Å². The minimum absolute atomic E-state index is 0.0793. The number of nitrogens with zero attached hydrogens (tertiary/aromatic N) is 3. The number of carbonyl (C=O) groups is 1. The average molecular weight is 448 g/mol. The van der Waals surface area contributed by atoms with Gasteiger partial charge in [0.05, 0.1) is 12.3 Å². The fraction of sp³-hybridized carbons (Fsp3) is 0.435. The average Bonchev–Trinajstić information content (AvgIpc) is 2.99. The normalized spacial score (nSPS) is 11.8. The lowest BCUT2D eigenvalue weighted by atomic mass is 9.99. The first-order valence-electron chi connectivity index (χ1n) is 10.3. The van der Waals surface area contributed by atoms with E-state index in [0.29, 0.717) is 24.9 Å². The summed E-state index contributed by atoms with van der Waals surface area (Å²) < 4.78 is 42.8. The molecular formula is C23H27F3N4O2. The van der Waals surface area contributed by atoms with E-state index in [1.54, 1.807) is 28.9 Å². The van der Waals surface area contributed by atoms with Crippen LogP contribution < -0.4 is 5.32 Å². The fourth-order valence-electron chi connectivity index (χ4n) is 3.80. The minimum Gasteiger partial charge on any atom is -0.367 e. The van der Waals surface area contributed by atoms with Crippen LogP contribution in [-0.4, -0.2) is 33.5 Å². The van der Waals surface area contributed by atoms with E-state index < -0.39 is 12.8 Å². The van der Waals surface area contributed by atoms with Gasteiger partial charge in [0, 0.05) is 31.1 Å². The number of alkyl halides is 3. The van der Waals surface area contributed by atoms with Gasteiger partial charge in [0.2, 0.25) is 5.91 Å². The van der Waals surface area contributed by atoms with Crippen LogP contribution in [0, 0.1) is 20.8 Å². The summed E-state index contributed by atoms with van der Waals surface area (Å²) in [5.74, 6) is -0.0793. The Bertz CT molecular complexity index is 1110. The Labute approximate surface area is 184 Å². The van der Waals surface area contributed by atoms with Crippen LogP contribution >= 0.6 is 0 Å². The molecule has 0 aliphatic heterocycles. The molecule has 0 fully saturated rings. The summed E-state index contributed by atoms with van der Waals surface area (Å²) in [6.45, 7) is 4.91. The van der Waals surface area contributed by atoms with E-state index in [9.17, 15) is 18.0 Å². The Kier molecular flexibility index (Phi) is 7.18. The molecule has 0 bridgehead atoms. The largest absolute Gasteiger partial charge is 0.411 e. The Hall–Kier alpha value is -2.94. The summed E-state index contributed by atoms with van der Waals surface area (Å²) in [5, 5.41) is 8.36. The number of nitrogens with one attached hydrogen (secondary N) is 1. The number of benzene rings is 1. The standard InChI is InChI=1S/C23H27F3N4O2/c1-14-19(15(2)28-22-21(14)16(3)29-30(22)4)9-10-20(31)27-11-17-5-7-18(8-6-17)12-32-13-23(24,25)26/h5-8H,9-13H2,1-4H3,(H,27,31). The molecule has 9 heteroatoms. The molecule has 1 amide bonds. The van der Waals surface area contributed by atoms with Crippen molar-refractivity contribution >= 4 is 16.9 Å². The number of halogens is 3. The molecule has 0 radical (unpaired) electrons. The number of carbonyl (C=O) groups excluding carboxylic acids is 1. The van der Waals surface area contributed by atoms with Crippen LogP contribution in [0.1, 0.15) is 40.1 Å².